The van der Waals surface area contributed by atoms with Crippen LogP contribution in [-0.2, 0) is 9.53 Å². The van der Waals surface area contributed by atoms with Gasteiger partial charge in [-0.05, 0) is 19.1 Å². The van der Waals surface area contributed by atoms with Gasteiger partial charge in [-0.1, -0.05) is 11.3 Å². The highest BCUT2D eigenvalue weighted by Gasteiger charge is 2.15. The summed E-state index contributed by atoms with van der Waals surface area (Å²) in [6, 6.07) is 3.29. The summed E-state index contributed by atoms with van der Waals surface area (Å²) >= 11 is 1.39. The zero-order valence-corrected chi connectivity index (χ0v) is 14.3. The molecule has 0 atom stereocenters. The Balaban J connectivity index is 1.58. The van der Waals surface area contributed by atoms with Gasteiger partial charge in [0.2, 0.25) is 5.91 Å². The van der Waals surface area contributed by atoms with Gasteiger partial charge in [0.15, 0.2) is 0 Å². The zero-order chi connectivity index (χ0) is 25.1. The van der Waals surface area contributed by atoms with E-state index in [1.54, 1.807) is 12.3 Å². The van der Waals surface area contributed by atoms with Gasteiger partial charge < -0.3 is 10.1 Å². The molecular weight excluding hydrogens is 352 g/mol. The molecule has 1 amide bonds. The molecule has 1 fully saturated rings. The Morgan fingerprint density at radius 3 is 2.92 bits per heavy atom. The van der Waals surface area contributed by atoms with Crippen molar-refractivity contribution in [2.45, 2.75) is 6.92 Å². The molecule has 26 heavy (non-hydrogen) atoms. The van der Waals surface area contributed by atoms with Gasteiger partial charge in [0.25, 0.3) is 0 Å². The number of amides is 1. The number of nitrogens with zero attached hydrogens (tertiary/aromatic N) is 5. The van der Waals surface area contributed by atoms with E-state index in [4.69, 9.17) is 11.0 Å². The molecule has 0 spiro atoms. The average molecular weight is 378 g/mol. The smallest absolute Gasteiger partial charge is 0.239 e. The van der Waals surface area contributed by atoms with Crippen molar-refractivity contribution in [1.82, 2.24) is 25.1 Å². The highest BCUT2D eigenvalue weighted by atomic mass is 32.1. The topological polar surface area (TPSA) is 93.1 Å². The number of pyridine rings is 2. The second-order valence-corrected chi connectivity index (χ2v) is 6.46. The number of hydrogen-bond donors (Lipinski definition) is 1. The molecule has 134 valence electrons. The number of anilines is 1. The van der Waals surface area contributed by atoms with Gasteiger partial charge in [-0.25, -0.2) is 4.98 Å². The van der Waals surface area contributed by atoms with Crippen LogP contribution >= 0.6 is 11.3 Å². The van der Waals surface area contributed by atoms with Gasteiger partial charge >= 0.3 is 0 Å². The number of rotatable bonds is 4. The van der Waals surface area contributed by atoms with Crippen LogP contribution in [0.25, 0.3) is 21.5 Å². The lowest BCUT2D eigenvalue weighted by Gasteiger charge is -2.25. The molecule has 0 saturated carbocycles. The van der Waals surface area contributed by atoms with Crippen LogP contribution in [0.1, 0.15) is 16.0 Å². The Bertz CT molecular complexity index is 1240. The second kappa shape index (κ2) is 7.40. The minimum Gasteiger partial charge on any atom is -0.379 e. The van der Waals surface area contributed by atoms with Gasteiger partial charge in [0, 0.05) is 35.6 Å². The van der Waals surface area contributed by atoms with E-state index in [1.165, 1.54) is 23.6 Å². The highest BCUT2D eigenvalue weighted by Crippen LogP contribution is 2.26. The van der Waals surface area contributed by atoms with Crippen molar-refractivity contribution in [1.29, 1.82) is 0 Å². The minimum atomic E-state index is -3.23. The molecule has 4 heterocycles. The van der Waals surface area contributed by atoms with E-state index in [0.717, 1.165) is 5.01 Å². The Morgan fingerprint density at radius 2 is 2.15 bits per heavy atom. The van der Waals surface area contributed by atoms with Crippen molar-refractivity contribution in [3.05, 3.63) is 29.5 Å². The maximum atomic E-state index is 12.7. The molecule has 3 aromatic heterocycles. The normalized spacial score (nSPS) is 27.6. The molecule has 0 aliphatic carbocycles. The largest absolute Gasteiger partial charge is 0.379 e. The fourth-order valence-corrected chi connectivity index (χ4v) is 2.92. The number of aromatic nitrogens is 4. The number of ether oxygens (including phenoxy) is 1. The first-order chi connectivity index (χ1) is 15.6. The van der Waals surface area contributed by atoms with Gasteiger partial charge in [-0.3, -0.25) is 14.7 Å². The third-order valence-electron chi connectivity index (χ3n) is 3.37. The van der Waals surface area contributed by atoms with E-state index in [9.17, 15) is 4.79 Å². The van der Waals surface area contributed by atoms with Gasteiger partial charge in [-0.15, -0.1) is 10.2 Å². The summed E-state index contributed by atoms with van der Waals surface area (Å²) < 4.78 is 67.2. The molecule has 0 unspecified atom stereocenters. The number of fused-ring (bicyclic) bond motifs is 1. The van der Waals surface area contributed by atoms with Crippen LogP contribution in [0.4, 0.5) is 5.82 Å². The summed E-state index contributed by atoms with van der Waals surface area (Å²) in [5, 5.41) is 12.5. The number of morpholine rings is 1. The predicted octanol–water partition coefficient (Wildman–Crippen LogP) is 1.73. The molecule has 9 heteroatoms. The molecule has 1 aliphatic heterocycles. The molecule has 4 rings (SSSR count). The number of aryl methyl sites for hydroxylation is 1. The van der Waals surface area contributed by atoms with Crippen LogP contribution in [0.5, 0.6) is 0 Å². The first-order valence-electron chi connectivity index (χ1n) is 11.5. The van der Waals surface area contributed by atoms with Crippen LogP contribution < -0.4 is 5.32 Å². The van der Waals surface area contributed by atoms with Crippen LogP contribution in [0.15, 0.2) is 24.5 Å². The van der Waals surface area contributed by atoms with Crippen molar-refractivity contribution in [3.63, 3.8) is 0 Å². The standard InChI is InChI=1S/C17H18N6O2S/c1-11-21-22-17(26-11)13-6-12-7-15(19-9-14(12)18-8-13)20-16(24)10-23-2-4-25-5-3-23/h6-9H,2-5,10H2,1H3,(H,19,20,24)/i2D2,3D2,4D2,5D2. The Labute approximate surface area is 165 Å². The van der Waals surface area contributed by atoms with E-state index in [1.807, 2.05) is 6.92 Å². The van der Waals surface area contributed by atoms with Gasteiger partial charge in [-0.2, -0.15) is 0 Å². The van der Waals surface area contributed by atoms with Crippen LogP contribution in [0.2, 0.25) is 0 Å². The molecule has 1 N–H and O–H groups in total. The van der Waals surface area contributed by atoms with Crippen molar-refractivity contribution >= 4 is 34.0 Å². The monoisotopic (exact) mass is 378 g/mol. The van der Waals surface area contributed by atoms with E-state index in [-0.39, 0.29) is 10.7 Å². The third-order valence-corrected chi connectivity index (χ3v) is 4.26. The number of carbonyl (C=O) groups is 1. The Morgan fingerprint density at radius 1 is 1.31 bits per heavy atom. The summed E-state index contributed by atoms with van der Waals surface area (Å²) in [6.45, 7) is -12.0. The Hall–Kier alpha value is -2.49. The number of nitrogens with one attached hydrogen (secondary N) is 1. The first-order valence-corrected chi connectivity index (χ1v) is 8.30. The summed E-state index contributed by atoms with van der Waals surface area (Å²) in [6.07, 6.45) is 3.03. The maximum Gasteiger partial charge on any atom is 0.239 e. The first kappa shape index (κ1) is 10.0. The van der Waals surface area contributed by atoms with E-state index in [2.05, 4.69) is 30.2 Å². The summed E-state index contributed by atoms with van der Waals surface area (Å²) in [7, 11) is 0. The fourth-order valence-electron chi connectivity index (χ4n) is 2.24. The van der Waals surface area contributed by atoms with Crippen LogP contribution in [0, 0.1) is 6.92 Å². The zero-order valence-electron chi connectivity index (χ0n) is 21.5. The number of hydrogen-bond acceptors (Lipinski definition) is 8. The molecule has 1 saturated heterocycles. The lowest BCUT2D eigenvalue weighted by molar-refractivity contribution is -0.118. The molecule has 8 nitrogen and oxygen atoms in total. The lowest BCUT2D eigenvalue weighted by Crippen LogP contribution is -2.41. The van der Waals surface area contributed by atoms with Gasteiger partial charge in [0.1, 0.15) is 15.8 Å². The molecular formula is C17H18N6O2S. The van der Waals surface area contributed by atoms with Crippen molar-refractivity contribution < 1.29 is 20.5 Å². The Kier molecular flexibility index (Phi) is 2.85. The summed E-state index contributed by atoms with van der Waals surface area (Å²) in [5.74, 6) is -0.873. The molecule has 0 bridgehead atoms. The summed E-state index contributed by atoms with van der Waals surface area (Å²) in [4.78, 5) is 21.2. The van der Waals surface area contributed by atoms with E-state index >= 15 is 0 Å². The quantitative estimate of drug-likeness (QED) is 0.739. The molecule has 0 aromatic carbocycles. The van der Waals surface area contributed by atoms with Crippen LogP contribution in [0.3, 0.4) is 0 Å². The van der Waals surface area contributed by atoms with Crippen molar-refractivity contribution in [3.8, 4) is 10.6 Å². The van der Waals surface area contributed by atoms with Crippen molar-refractivity contribution in [2.24, 2.45) is 0 Å². The predicted molar refractivity (Wildman–Crippen MR) is 99.1 cm³/mol. The molecule has 3 aromatic rings. The minimum absolute atomic E-state index is 0.0605. The average Bonchev–Trinajstić information content (AvgIpc) is 3.16. The van der Waals surface area contributed by atoms with E-state index < -0.39 is 38.6 Å². The third kappa shape index (κ3) is 3.85. The van der Waals surface area contributed by atoms with Gasteiger partial charge in [0.05, 0.1) is 36.9 Å². The highest BCUT2D eigenvalue weighted by molar-refractivity contribution is 7.14. The van der Waals surface area contributed by atoms with E-state index in [0.29, 0.717) is 21.5 Å². The number of carbonyl (C=O) groups excluding carboxylic acids is 1. The SMILES string of the molecule is [2H]C1([2H])OC([2H])([2H])C([2H])([2H])N(CC(=O)Nc2cc3cc(-c4nnc(C)s4)cnc3cn2)C1([2H])[2H]. The summed E-state index contributed by atoms with van der Waals surface area (Å²) in [5.41, 5.74) is 1.24. The maximum absolute atomic E-state index is 12.7. The van der Waals surface area contributed by atoms with Crippen LogP contribution in [-0.4, -0.2) is 63.6 Å². The lowest BCUT2D eigenvalue weighted by atomic mass is 10.2. The second-order valence-electron chi connectivity index (χ2n) is 5.28. The van der Waals surface area contributed by atoms with Crippen molar-refractivity contribution in [2.75, 3.05) is 38.0 Å². The molecule has 0 radical (unpaired) electrons. The molecule has 1 aliphatic rings. The fraction of sp³-hybridized carbons (Fsp3) is 0.353.